The lowest BCUT2D eigenvalue weighted by Gasteiger charge is -2.16. The lowest BCUT2D eigenvalue weighted by atomic mass is 9.91. The molecule has 0 radical (unpaired) electrons. The normalized spacial score (nSPS) is 11.5. The van der Waals surface area contributed by atoms with Gasteiger partial charge in [-0.3, -0.25) is 14.8 Å². The first-order valence-electron chi connectivity index (χ1n) is 10.5. The number of aromatic nitrogens is 2. The van der Waals surface area contributed by atoms with E-state index in [1.165, 1.54) is 18.5 Å². The maximum Gasteiger partial charge on any atom is 0.418 e. The minimum atomic E-state index is -4.58. The number of hydrogen-bond acceptors (Lipinski definition) is 3. The van der Waals surface area contributed by atoms with E-state index >= 15 is 0 Å². The van der Waals surface area contributed by atoms with Crippen LogP contribution in [0, 0.1) is 0 Å². The van der Waals surface area contributed by atoms with Crippen molar-refractivity contribution in [1.29, 1.82) is 0 Å². The summed E-state index contributed by atoms with van der Waals surface area (Å²) in [7, 11) is 0. The molecular formula is C28H17F3N2O. The molecule has 0 aliphatic heterocycles. The van der Waals surface area contributed by atoms with Crippen molar-refractivity contribution in [2.75, 3.05) is 0 Å². The molecule has 3 aromatic carbocycles. The molecule has 0 aliphatic rings. The van der Waals surface area contributed by atoms with Crippen LogP contribution in [0.15, 0.2) is 103 Å². The lowest BCUT2D eigenvalue weighted by Crippen LogP contribution is -2.10. The van der Waals surface area contributed by atoms with Crippen LogP contribution in [0.2, 0.25) is 0 Å². The Morgan fingerprint density at radius 2 is 1.35 bits per heavy atom. The van der Waals surface area contributed by atoms with Gasteiger partial charge in [-0.2, -0.15) is 13.2 Å². The molecule has 0 aliphatic carbocycles. The SMILES string of the molecule is O=C(c1ccccn1)c1cnc2c(C(F)(F)F)cccc2c1-c1ccc(-c2ccccc2)cc1. The molecule has 166 valence electrons. The molecule has 0 fully saturated rings. The summed E-state index contributed by atoms with van der Waals surface area (Å²) < 4.78 is 41.1. The number of nitrogens with zero attached hydrogens (tertiary/aromatic N) is 2. The fourth-order valence-electron chi connectivity index (χ4n) is 4.03. The Balaban J connectivity index is 1.74. The van der Waals surface area contributed by atoms with Gasteiger partial charge in [0.05, 0.1) is 16.6 Å². The van der Waals surface area contributed by atoms with Crippen LogP contribution in [-0.2, 0) is 6.18 Å². The number of ketones is 1. The minimum absolute atomic E-state index is 0.192. The van der Waals surface area contributed by atoms with Gasteiger partial charge >= 0.3 is 6.18 Å². The zero-order valence-corrected chi connectivity index (χ0v) is 17.8. The van der Waals surface area contributed by atoms with Crippen molar-refractivity contribution in [3.8, 4) is 22.3 Å². The van der Waals surface area contributed by atoms with Crippen molar-refractivity contribution in [2.24, 2.45) is 0 Å². The van der Waals surface area contributed by atoms with Gasteiger partial charge < -0.3 is 0 Å². The smallest absolute Gasteiger partial charge is 0.287 e. The van der Waals surface area contributed by atoms with Crippen molar-refractivity contribution in [3.63, 3.8) is 0 Å². The molecule has 3 nitrogen and oxygen atoms in total. The first-order chi connectivity index (χ1) is 16.4. The fourth-order valence-corrected chi connectivity index (χ4v) is 4.03. The number of halogens is 3. The molecule has 2 heterocycles. The summed E-state index contributed by atoms with van der Waals surface area (Å²) in [6, 6.07) is 26.0. The molecule has 0 atom stereocenters. The number of alkyl halides is 3. The van der Waals surface area contributed by atoms with E-state index in [0.717, 1.165) is 17.2 Å². The van der Waals surface area contributed by atoms with E-state index in [0.29, 0.717) is 11.1 Å². The van der Waals surface area contributed by atoms with E-state index in [9.17, 15) is 18.0 Å². The van der Waals surface area contributed by atoms with E-state index in [-0.39, 0.29) is 22.2 Å². The van der Waals surface area contributed by atoms with Crippen molar-refractivity contribution >= 4 is 16.7 Å². The lowest BCUT2D eigenvalue weighted by molar-refractivity contribution is -0.136. The van der Waals surface area contributed by atoms with Crippen molar-refractivity contribution < 1.29 is 18.0 Å². The van der Waals surface area contributed by atoms with Gasteiger partial charge in [0, 0.05) is 23.3 Å². The Morgan fingerprint density at radius 1 is 0.676 bits per heavy atom. The summed E-state index contributed by atoms with van der Waals surface area (Å²) in [5.41, 5.74) is 2.32. The highest BCUT2D eigenvalue weighted by Gasteiger charge is 2.34. The molecule has 0 saturated heterocycles. The Labute approximate surface area is 193 Å². The summed E-state index contributed by atoms with van der Waals surface area (Å²) >= 11 is 0. The van der Waals surface area contributed by atoms with Gasteiger partial charge in [0.1, 0.15) is 5.69 Å². The first-order valence-corrected chi connectivity index (χ1v) is 10.5. The van der Waals surface area contributed by atoms with Gasteiger partial charge in [-0.25, -0.2) is 0 Å². The monoisotopic (exact) mass is 454 g/mol. The molecule has 0 bridgehead atoms. The van der Waals surface area contributed by atoms with Crippen LogP contribution in [0.4, 0.5) is 13.2 Å². The number of carbonyl (C=O) groups is 1. The number of para-hydroxylation sites is 1. The van der Waals surface area contributed by atoms with E-state index in [1.54, 1.807) is 24.3 Å². The second-order valence-corrected chi connectivity index (χ2v) is 7.73. The maximum atomic E-state index is 13.7. The number of benzene rings is 3. The largest absolute Gasteiger partial charge is 0.418 e. The minimum Gasteiger partial charge on any atom is -0.287 e. The van der Waals surface area contributed by atoms with Gasteiger partial charge in [-0.05, 0) is 34.9 Å². The Morgan fingerprint density at radius 3 is 2.03 bits per heavy atom. The molecule has 0 N–H and O–H groups in total. The molecule has 0 amide bonds. The average Bonchev–Trinajstić information content (AvgIpc) is 2.88. The maximum absolute atomic E-state index is 13.7. The number of carbonyl (C=O) groups excluding carboxylic acids is 1. The number of hydrogen-bond donors (Lipinski definition) is 0. The van der Waals surface area contributed by atoms with Crippen molar-refractivity contribution in [1.82, 2.24) is 9.97 Å². The molecule has 5 aromatic rings. The predicted molar refractivity (Wildman–Crippen MR) is 125 cm³/mol. The zero-order valence-electron chi connectivity index (χ0n) is 17.8. The molecule has 34 heavy (non-hydrogen) atoms. The van der Waals surface area contributed by atoms with Crippen LogP contribution in [0.1, 0.15) is 21.6 Å². The Kier molecular flexibility index (Phi) is 5.42. The molecule has 5 rings (SSSR count). The number of pyridine rings is 2. The molecule has 6 heteroatoms. The number of fused-ring (bicyclic) bond motifs is 1. The predicted octanol–water partition coefficient (Wildman–Crippen LogP) is 7.21. The van der Waals surface area contributed by atoms with Gasteiger partial charge in [0.25, 0.3) is 0 Å². The average molecular weight is 454 g/mol. The third-order valence-corrected chi connectivity index (χ3v) is 5.63. The van der Waals surface area contributed by atoms with Gasteiger partial charge in [-0.15, -0.1) is 0 Å². The van der Waals surface area contributed by atoms with Crippen molar-refractivity contribution in [3.05, 3.63) is 120 Å². The van der Waals surface area contributed by atoms with Crippen LogP contribution < -0.4 is 0 Å². The van der Waals surface area contributed by atoms with Gasteiger partial charge in [-0.1, -0.05) is 72.8 Å². The molecule has 0 unspecified atom stereocenters. The summed E-state index contributed by atoms with van der Waals surface area (Å²) in [6.45, 7) is 0. The molecule has 0 spiro atoms. The topological polar surface area (TPSA) is 42.9 Å². The van der Waals surface area contributed by atoms with Gasteiger partial charge in [0.2, 0.25) is 5.78 Å². The number of rotatable bonds is 4. The first kappa shape index (κ1) is 21.5. The van der Waals surface area contributed by atoms with E-state index < -0.39 is 17.5 Å². The molecule has 0 saturated carbocycles. The standard InChI is InChI=1S/C28H17F3N2O/c29-28(30,31)23-10-6-9-21-25(20-14-12-19(13-15-20)18-7-2-1-3-8-18)22(17-33-26(21)23)27(34)24-11-4-5-16-32-24/h1-17H. The fraction of sp³-hybridized carbons (Fsp3) is 0.0357. The molecular weight excluding hydrogens is 437 g/mol. The zero-order chi connectivity index (χ0) is 23.7. The summed E-state index contributed by atoms with van der Waals surface area (Å²) in [5.74, 6) is -0.408. The second-order valence-electron chi connectivity index (χ2n) is 7.73. The highest BCUT2D eigenvalue weighted by Crippen LogP contribution is 2.39. The summed E-state index contributed by atoms with van der Waals surface area (Å²) in [4.78, 5) is 21.5. The third-order valence-electron chi connectivity index (χ3n) is 5.63. The Hall–Kier alpha value is -4.32. The third kappa shape index (κ3) is 3.94. The summed E-state index contributed by atoms with van der Waals surface area (Å²) in [6.07, 6.45) is -1.86. The van der Waals surface area contributed by atoms with Crippen LogP contribution in [0.3, 0.4) is 0 Å². The van der Waals surface area contributed by atoms with E-state index in [4.69, 9.17) is 0 Å². The highest BCUT2D eigenvalue weighted by molar-refractivity contribution is 6.16. The van der Waals surface area contributed by atoms with Crippen molar-refractivity contribution in [2.45, 2.75) is 6.18 Å². The van der Waals surface area contributed by atoms with E-state index in [1.807, 2.05) is 54.6 Å². The van der Waals surface area contributed by atoms with Crippen LogP contribution in [0.25, 0.3) is 33.2 Å². The van der Waals surface area contributed by atoms with E-state index in [2.05, 4.69) is 9.97 Å². The van der Waals surface area contributed by atoms with Gasteiger partial charge in [0.15, 0.2) is 0 Å². The van der Waals surface area contributed by atoms with Crippen LogP contribution in [-0.4, -0.2) is 15.8 Å². The molecule has 2 aromatic heterocycles. The summed E-state index contributed by atoms with van der Waals surface area (Å²) in [5, 5.41) is 0.254. The quantitative estimate of drug-likeness (QED) is 0.269. The highest BCUT2D eigenvalue weighted by atomic mass is 19.4. The van der Waals surface area contributed by atoms with Crippen LogP contribution >= 0.6 is 0 Å². The Bertz CT molecular complexity index is 1480. The van der Waals surface area contributed by atoms with Crippen LogP contribution in [0.5, 0.6) is 0 Å². The second kappa shape index (κ2) is 8.56.